The first kappa shape index (κ1) is 12.2. The summed E-state index contributed by atoms with van der Waals surface area (Å²) in [7, 11) is 1.84. The summed E-state index contributed by atoms with van der Waals surface area (Å²) in [5, 5.41) is 6.78. The van der Waals surface area contributed by atoms with Crippen molar-refractivity contribution in [2.75, 3.05) is 13.6 Å². The Hall–Kier alpha value is -1.27. The van der Waals surface area contributed by atoms with Gasteiger partial charge in [0.25, 0.3) is 5.89 Å². The summed E-state index contributed by atoms with van der Waals surface area (Å²) in [6.07, 6.45) is 0.645. The van der Waals surface area contributed by atoms with Gasteiger partial charge in [0.15, 0.2) is 5.82 Å². The number of aromatic nitrogens is 2. The van der Waals surface area contributed by atoms with Gasteiger partial charge < -0.3 is 9.84 Å². The highest BCUT2D eigenvalue weighted by atomic mass is 79.9. The third kappa shape index (κ3) is 2.70. The summed E-state index contributed by atoms with van der Waals surface area (Å²) in [4.78, 5) is 4.15. The normalized spacial score (nSPS) is 10.8. The fourth-order valence-electron chi connectivity index (χ4n) is 1.40. The van der Waals surface area contributed by atoms with Crippen molar-refractivity contribution in [2.24, 2.45) is 0 Å². The van der Waals surface area contributed by atoms with E-state index in [1.54, 1.807) is 12.1 Å². The summed E-state index contributed by atoms with van der Waals surface area (Å²) in [6, 6.07) is 4.70. The third-order valence-corrected chi connectivity index (χ3v) is 2.90. The van der Waals surface area contributed by atoms with E-state index in [4.69, 9.17) is 4.52 Å². The van der Waals surface area contributed by atoms with Gasteiger partial charge in [0, 0.05) is 17.4 Å². The molecule has 0 aliphatic carbocycles. The van der Waals surface area contributed by atoms with Crippen molar-refractivity contribution in [3.63, 3.8) is 0 Å². The number of nitrogens with one attached hydrogen (secondary N) is 1. The Morgan fingerprint density at radius 2 is 2.29 bits per heavy atom. The lowest BCUT2D eigenvalue weighted by atomic mass is 10.2. The maximum absolute atomic E-state index is 13.6. The minimum atomic E-state index is -0.386. The van der Waals surface area contributed by atoms with Crippen molar-refractivity contribution in [3.05, 3.63) is 34.3 Å². The first-order chi connectivity index (χ1) is 8.22. The first-order valence-corrected chi connectivity index (χ1v) is 5.93. The standard InChI is InChI=1S/C11H11BrFN3O/c1-14-6-5-9-15-11(17-16-9)10-7(12)3-2-4-8(10)13/h2-4,14H,5-6H2,1H3. The van der Waals surface area contributed by atoms with Gasteiger partial charge in [0.2, 0.25) is 0 Å². The van der Waals surface area contributed by atoms with Crippen LogP contribution in [0.3, 0.4) is 0 Å². The zero-order valence-corrected chi connectivity index (χ0v) is 10.8. The molecule has 17 heavy (non-hydrogen) atoms. The summed E-state index contributed by atoms with van der Waals surface area (Å²) in [5.74, 6) is 0.369. The molecule has 2 rings (SSSR count). The fraction of sp³-hybridized carbons (Fsp3) is 0.273. The predicted octanol–water partition coefficient (Wildman–Crippen LogP) is 2.40. The molecule has 4 nitrogen and oxygen atoms in total. The Balaban J connectivity index is 2.30. The summed E-state index contributed by atoms with van der Waals surface area (Å²) >= 11 is 3.27. The van der Waals surface area contributed by atoms with Crippen LogP contribution in [0.2, 0.25) is 0 Å². The van der Waals surface area contributed by atoms with Gasteiger partial charge in [-0.2, -0.15) is 4.98 Å². The molecule has 0 fully saturated rings. The second kappa shape index (κ2) is 5.37. The fourth-order valence-corrected chi connectivity index (χ4v) is 1.91. The number of halogens is 2. The second-order valence-corrected chi connectivity index (χ2v) is 4.32. The molecular formula is C11H11BrFN3O. The number of nitrogens with zero attached hydrogens (tertiary/aromatic N) is 2. The molecule has 0 aliphatic rings. The quantitative estimate of drug-likeness (QED) is 0.942. The number of hydrogen-bond donors (Lipinski definition) is 1. The van der Waals surface area contributed by atoms with Gasteiger partial charge in [0.1, 0.15) is 5.82 Å². The molecule has 0 unspecified atom stereocenters. The van der Waals surface area contributed by atoms with Gasteiger partial charge in [-0.25, -0.2) is 4.39 Å². The molecule has 0 aliphatic heterocycles. The number of likely N-dealkylation sites (N-methyl/N-ethyl adjacent to an activating group) is 1. The Morgan fingerprint density at radius 1 is 1.47 bits per heavy atom. The van der Waals surface area contributed by atoms with Crippen molar-refractivity contribution in [2.45, 2.75) is 6.42 Å². The van der Waals surface area contributed by atoms with Crippen LogP contribution in [-0.2, 0) is 6.42 Å². The largest absolute Gasteiger partial charge is 0.334 e. The number of rotatable bonds is 4. The minimum absolute atomic E-state index is 0.195. The monoisotopic (exact) mass is 299 g/mol. The van der Waals surface area contributed by atoms with E-state index in [1.807, 2.05) is 7.05 Å². The molecule has 0 bridgehead atoms. The van der Waals surface area contributed by atoms with Crippen LogP contribution in [-0.4, -0.2) is 23.7 Å². The molecule has 0 radical (unpaired) electrons. The molecule has 0 saturated heterocycles. The summed E-state index contributed by atoms with van der Waals surface area (Å²) in [5.41, 5.74) is 0.302. The molecule has 6 heteroatoms. The first-order valence-electron chi connectivity index (χ1n) is 5.14. The maximum atomic E-state index is 13.6. The van der Waals surface area contributed by atoms with E-state index in [-0.39, 0.29) is 11.7 Å². The van der Waals surface area contributed by atoms with Gasteiger partial charge >= 0.3 is 0 Å². The molecule has 90 valence electrons. The Kier molecular flexibility index (Phi) is 3.86. The Morgan fingerprint density at radius 3 is 3.00 bits per heavy atom. The SMILES string of the molecule is CNCCc1noc(-c2c(F)cccc2Br)n1. The predicted molar refractivity (Wildman–Crippen MR) is 65.0 cm³/mol. The van der Waals surface area contributed by atoms with E-state index in [1.165, 1.54) is 6.07 Å². The van der Waals surface area contributed by atoms with Crippen molar-refractivity contribution in [1.29, 1.82) is 0 Å². The lowest BCUT2D eigenvalue weighted by Gasteiger charge is -1.99. The number of hydrogen-bond acceptors (Lipinski definition) is 4. The highest BCUT2D eigenvalue weighted by Gasteiger charge is 2.16. The van der Waals surface area contributed by atoms with Crippen molar-refractivity contribution in [3.8, 4) is 11.5 Å². The second-order valence-electron chi connectivity index (χ2n) is 3.47. The highest BCUT2D eigenvalue weighted by Crippen LogP contribution is 2.29. The molecule has 1 aromatic carbocycles. The van der Waals surface area contributed by atoms with Gasteiger partial charge in [-0.15, -0.1) is 0 Å². The van der Waals surface area contributed by atoms with E-state index in [9.17, 15) is 4.39 Å². The van der Waals surface area contributed by atoms with Crippen LogP contribution in [0.15, 0.2) is 27.2 Å². The topological polar surface area (TPSA) is 51.0 Å². The van der Waals surface area contributed by atoms with E-state index in [0.717, 1.165) is 6.54 Å². The molecule has 2 aromatic rings. The lowest BCUT2D eigenvalue weighted by molar-refractivity contribution is 0.419. The smallest absolute Gasteiger partial charge is 0.262 e. The lowest BCUT2D eigenvalue weighted by Crippen LogP contribution is -2.11. The van der Waals surface area contributed by atoms with Crippen LogP contribution in [0.25, 0.3) is 11.5 Å². The van der Waals surface area contributed by atoms with E-state index in [2.05, 4.69) is 31.4 Å². The van der Waals surface area contributed by atoms with Crippen LogP contribution in [0.4, 0.5) is 4.39 Å². The Bertz CT molecular complexity index is 495. The molecule has 1 heterocycles. The average Bonchev–Trinajstić information content (AvgIpc) is 2.75. The van der Waals surface area contributed by atoms with Crippen LogP contribution in [0, 0.1) is 5.82 Å². The van der Waals surface area contributed by atoms with Crippen LogP contribution >= 0.6 is 15.9 Å². The molecule has 0 atom stereocenters. The highest BCUT2D eigenvalue weighted by molar-refractivity contribution is 9.10. The molecule has 0 saturated carbocycles. The molecule has 1 aromatic heterocycles. The molecule has 0 amide bonds. The van der Waals surface area contributed by atoms with E-state index in [0.29, 0.717) is 22.3 Å². The van der Waals surface area contributed by atoms with Crippen molar-refractivity contribution >= 4 is 15.9 Å². The molecule has 0 spiro atoms. The summed E-state index contributed by atoms with van der Waals surface area (Å²) < 4.78 is 19.3. The summed E-state index contributed by atoms with van der Waals surface area (Å²) in [6.45, 7) is 0.747. The maximum Gasteiger partial charge on any atom is 0.262 e. The average molecular weight is 300 g/mol. The van der Waals surface area contributed by atoms with Gasteiger partial charge in [0.05, 0.1) is 5.56 Å². The minimum Gasteiger partial charge on any atom is -0.334 e. The zero-order chi connectivity index (χ0) is 12.3. The van der Waals surface area contributed by atoms with E-state index < -0.39 is 0 Å². The van der Waals surface area contributed by atoms with Gasteiger partial charge in [-0.1, -0.05) is 11.2 Å². The molecular weight excluding hydrogens is 289 g/mol. The van der Waals surface area contributed by atoms with Crippen LogP contribution in [0.5, 0.6) is 0 Å². The van der Waals surface area contributed by atoms with Crippen molar-refractivity contribution < 1.29 is 8.91 Å². The van der Waals surface area contributed by atoms with Gasteiger partial charge in [-0.05, 0) is 35.1 Å². The third-order valence-electron chi connectivity index (χ3n) is 2.24. The Labute approximate surface area is 106 Å². The van der Waals surface area contributed by atoms with E-state index >= 15 is 0 Å². The van der Waals surface area contributed by atoms with Gasteiger partial charge in [-0.3, -0.25) is 0 Å². The zero-order valence-electron chi connectivity index (χ0n) is 9.20. The van der Waals surface area contributed by atoms with Crippen LogP contribution < -0.4 is 5.32 Å². The van der Waals surface area contributed by atoms with Crippen LogP contribution in [0.1, 0.15) is 5.82 Å². The number of benzene rings is 1. The van der Waals surface area contributed by atoms with Crippen molar-refractivity contribution in [1.82, 2.24) is 15.5 Å². The molecule has 1 N–H and O–H groups in total.